The zero-order valence-corrected chi connectivity index (χ0v) is 13.0. The number of aromatic nitrogens is 1. The highest BCUT2D eigenvalue weighted by molar-refractivity contribution is 5.93. The van der Waals surface area contributed by atoms with E-state index < -0.39 is 0 Å². The fraction of sp³-hybridized carbons (Fsp3) is 0.250. The predicted octanol–water partition coefficient (Wildman–Crippen LogP) is 2.21. The van der Waals surface area contributed by atoms with E-state index >= 15 is 0 Å². The van der Waals surface area contributed by atoms with Crippen molar-refractivity contribution in [3.05, 3.63) is 42.5 Å². The van der Waals surface area contributed by atoms with Gasteiger partial charge in [-0.25, -0.2) is 4.98 Å². The van der Waals surface area contributed by atoms with Crippen molar-refractivity contribution in [1.82, 2.24) is 4.98 Å². The molecule has 2 aromatic rings. The highest BCUT2D eigenvalue weighted by atomic mass is 16.5. The highest BCUT2D eigenvalue weighted by Crippen LogP contribution is 2.19. The Morgan fingerprint density at radius 3 is 2.68 bits per heavy atom. The van der Waals surface area contributed by atoms with E-state index in [1.54, 1.807) is 20.2 Å². The van der Waals surface area contributed by atoms with Crippen LogP contribution in [0.1, 0.15) is 0 Å². The van der Waals surface area contributed by atoms with Gasteiger partial charge in [0.05, 0.1) is 13.7 Å². The maximum absolute atomic E-state index is 12.1. The smallest absolute Gasteiger partial charge is 0.245 e. The Labute approximate surface area is 130 Å². The van der Waals surface area contributed by atoms with Gasteiger partial charge >= 0.3 is 0 Å². The molecule has 0 aliphatic rings. The van der Waals surface area contributed by atoms with Gasteiger partial charge in [-0.2, -0.15) is 0 Å². The first-order valence-corrected chi connectivity index (χ1v) is 6.92. The standard InChI is InChI=1S/C16H20N4O2/c1-17-14-8-5-9-15(18-14)19-16(21)11-20(2)12-6-4-7-13(10-12)22-3/h4-10H,11H2,1-3H3,(H2,17,18,19,21). The zero-order valence-electron chi connectivity index (χ0n) is 13.0. The number of likely N-dealkylation sites (N-methyl/N-ethyl adjacent to an activating group) is 1. The molecule has 6 nitrogen and oxygen atoms in total. The lowest BCUT2D eigenvalue weighted by molar-refractivity contribution is -0.114. The summed E-state index contributed by atoms with van der Waals surface area (Å²) in [6, 6.07) is 13.0. The Hall–Kier alpha value is -2.76. The van der Waals surface area contributed by atoms with E-state index in [1.807, 2.05) is 48.3 Å². The van der Waals surface area contributed by atoms with Crippen molar-refractivity contribution in [2.75, 3.05) is 43.3 Å². The number of ether oxygens (including phenoxy) is 1. The number of hydrogen-bond acceptors (Lipinski definition) is 5. The van der Waals surface area contributed by atoms with Gasteiger partial charge in [-0.05, 0) is 24.3 Å². The van der Waals surface area contributed by atoms with Crippen LogP contribution in [-0.2, 0) is 4.79 Å². The monoisotopic (exact) mass is 300 g/mol. The number of methoxy groups -OCH3 is 1. The topological polar surface area (TPSA) is 66.5 Å². The van der Waals surface area contributed by atoms with Crippen LogP contribution >= 0.6 is 0 Å². The number of nitrogens with zero attached hydrogens (tertiary/aromatic N) is 2. The van der Waals surface area contributed by atoms with Crippen molar-refractivity contribution >= 4 is 23.2 Å². The zero-order chi connectivity index (χ0) is 15.9. The maximum atomic E-state index is 12.1. The van der Waals surface area contributed by atoms with Gasteiger partial charge in [0.15, 0.2) is 0 Å². The molecule has 1 heterocycles. The van der Waals surface area contributed by atoms with Crippen LogP contribution < -0.4 is 20.3 Å². The molecule has 0 bridgehead atoms. The van der Waals surface area contributed by atoms with Gasteiger partial charge in [0.2, 0.25) is 5.91 Å². The van der Waals surface area contributed by atoms with Crippen molar-refractivity contribution in [2.45, 2.75) is 0 Å². The Balaban J connectivity index is 1.98. The molecule has 0 aliphatic heterocycles. The minimum atomic E-state index is -0.133. The average molecular weight is 300 g/mol. The summed E-state index contributed by atoms with van der Waals surface area (Å²) in [7, 11) is 5.25. The number of benzene rings is 1. The first kappa shape index (κ1) is 15.6. The van der Waals surface area contributed by atoms with Gasteiger partial charge in [0.25, 0.3) is 0 Å². The number of anilines is 3. The lowest BCUT2D eigenvalue weighted by Crippen LogP contribution is -2.30. The molecule has 116 valence electrons. The van der Waals surface area contributed by atoms with E-state index in [9.17, 15) is 4.79 Å². The van der Waals surface area contributed by atoms with Gasteiger partial charge < -0.3 is 20.3 Å². The van der Waals surface area contributed by atoms with Crippen molar-refractivity contribution in [1.29, 1.82) is 0 Å². The van der Waals surface area contributed by atoms with E-state index in [2.05, 4.69) is 15.6 Å². The first-order valence-electron chi connectivity index (χ1n) is 6.92. The number of amides is 1. The summed E-state index contributed by atoms with van der Waals surface area (Å²) < 4.78 is 5.19. The van der Waals surface area contributed by atoms with Crippen LogP contribution in [0.2, 0.25) is 0 Å². The second-order valence-corrected chi connectivity index (χ2v) is 4.76. The number of carbonyl (C=O) groups is 1. The molecular weight excluding hydrogens is 280 g/mol. The van der Waals surface area contributed by atoms with Crippen LogP contribution in [0, 0.1) is 0 Å². The Bertz CT molecular complexity index is 646. The molecule has 0 unspecified atom stereocenters. The summed E-state index contributed by atoms with van der Waals surface area (Å²) >= 11 is 0. The molecule has 2 rings (SSSR count). The van der Waals surface area contributed by atoms with Crippen molar-refractivity contribution < 1.29 is 9.53 Å². The third-order valence-electron chi connectivity index (χ3n) is 3.15. The van der Waals surface area contributed by atoms with Crippen LogP contribution in [0.4, 0.5) is 17.3 Å². The molecule has 22 heavy (non-hydrogen) atoms. The summed E-state index contributed by atoms with van der Waals surface area (Å²) in [5.74, 6) is 1.86. The van der Waals surface area contributed by atoms with E-state index in [0.29, 0.717) is 11.6 Å². The molecule has 2 N–H and O–H groups in total. The van der Waals surface area contributed by atoms with Crippen LogP contribution in [-0.4, -0.2) is 38.6 Å². The molecule has 0 fully saturated rings. The second-order valence-electron chi connectivity index (χ2n) is 4.76. The lowest BCUT2D eigenvalue weighted by Gasteiger charge is -2.19. The van der Waals surface area contributed by atoms with Gasteiger partial charge in [0, 0.05) is 25.8 Å². The summed E-state index contributed by atoms with van der Waals surface area (Å²) in [5, 5.41) is 5.72. The molecule has 1 amide bonds. The molecule has 0 aliphatic carbocycles. The lowest BCUT2D eigenvalue weighted by atomic mass is 10.3. The highest BCUT2D eigenvalue weighted by Gasteiger charge is 2.09. The van der Waals surface area contributed by atoms with Gasteiger partial charge in [-0.15, -0.1) is 0 Å². The fourth-order valence-electron chi connectivity index (χ4n) is 1.98. The Morgan fingerprint density at radius 1 is 1.23 bits per heavy atom. The quantitative estimate of drug-likeness (QED) is 0.856. The number of pyridine rings is 1. The van der Waals surface area contributed by atoms with E-state index in [4.69, 9.17) is 4.74 Å². The molecule has 0 radical (unpaired) electrons. The normalized spacial score (nSPS) is 9.95. The molecular formula is C16H20N4O2. The van der Waals surface area contributed by atoms with Crippen molar-refractivity contribution in [2.24, 2.45) is 0 Å². The number of nitrogens with one attached hydrogen (secondary N) is 2. The molecule has 0 saturated carbocycles. The molecule has 6 heteroatoms. The SMILES string of the molecule is CNc1cccc(NC(=O)CN(C)c2cccc(OC)c2)n1. The van der Waals surface area contributed by atoms with Crippen LogP contribution in [0.3, 0.4) is 0 Å². The van der Waals surface area contributed by atoms with Crippen molar-refractivity contribution in [3.63, 3.8) is 0 Å². The number of rotatable bonds is 6. The van der Waals surface area contributed by atoms with Crippen molar-refractivity contribution in [3.8, 4) is 5.75 Å². The Morgan fingerprint density at radius 2 is 1.95 bits per heavy atom. The largest absolute Gasteiger partial charge is 0.497 e. The van der Waals surface area contributed by atoms with Crippen LogP contribution in [0.15, 0.2) is 42.5 Å². The minimum absolute atomic E-state index is 0.133. The summed E-state index contributed by atoms with van der Waals surface area (Å²) in [5.41, 5.74) is 0.909. The third kappa shape index (κ3) is 4.12. The summed E-state index contributed by atoms with van der Waals surface area (Å²) in [6.45, 7) is 0.221. The maximum Gasteiger partial charge on any atom is 0.245 e. The fourth-order valence-corrected chi connectivity index (χ4v) is 1.98. The molecule has 1 aromatic carbocycles. The summed E-state index contributed by atoms with van der Waals surface area (Å²) in [4.78, 5) is 18.2. The average Bonchev–Trinajstić information content (AvgIpc) is 2.54. The van der Waals surface area contributed by atoms with Gasteiger partial charge in [0.1, 0.15) is 17.4 Å². The second kappa shape index (κ2) is 7.31. The predicted molar refractivity (Wildman–Crippen MR) is 88.7 cm³/mol. The van der Waals surface area contributed by atoms with Crippen LogP contribution in [0.5, 0.6) is 5.75 Å². The molecule has 0 saturated heterocycles. The minimum Gasteiger partial charge on any atom is -0.497 e. The van der Waals surface area contributed by atoms with E-state index in [1.165, 1.54) is 0 Å². The molecule has 0 atom stereocenters. The van der Waals surface area contributed by atoms with E-state index in [-0.39, 0.29) is 12.5 Å². The third-order valence-corrected chi connectivity index (χ3v) is 3.15. The number of hydrogen-bond donors (Lipinski definition) is 2. The molecule has 0 spiro atoms. The molecule has 1 aromatic heterocycles. The summed E-state index contributed by atoms with van der Waals surface area (Å²) in [6.07, 6.45) is 0. The van der Waals surface area contributed by atoms with E-state index in [0.717, 1.165) is 11.4 Å². The van der Waals surface area contributed by atoms with Gasteiger partial charge in [-0.3, -0.25) is 4.79 Å². The first-order chi connectivity index (χ1) is 10.6. The Kier molecular flexibility index (Phi) is 5.19. The number of carbonyl (C=O) groups excluding carboxylic acids is 1. The van der Waals surface area contributed by atoms with Crippen LogP contribution in [0.25, 0.3) is 0 Å². The van der Waals surface area contributed by atoms with Gasteiger partial charge in [-0.1, -0.05) is 12.1 Å².